The average Bonchev–Trinajstić information content (AvgIpc) is 2.17. The standard InChI is InChI=1S/C10H12FNO/c11-8-3-1-7-2-4-9(6-13)12-10(7)5-8/h1,3,5,9,12-13H,2,4,6H2/i13T. The number of fused-ring (bicyclic) bond motifs is 1. The summed E-state index contributed by atoms with van der Waals surface area (Å²) in [5.41, 5.74) is 1.96. The molecule has 0 saturated heterocycles. The molecule has 2 rings (SSSR count). The molecule has 0 bridgehead atoms. The minimum atomic E-state index is -0.233. The molecule has 0 radical (unpaired) electrons. The molecular weight excluding hydrogens is 169 g/mol. The van der Waals surface area contributed by atoms with Crippen LogP contribution in [-0.4, -0.2) is 19.2 Å². The van der Waals surface area contributed by atoms with Crippen LogP contribution < -0.4 is 5.32 Å². The molecule has 3 heteroatoms. The predicted molar refractivity (Wildman–Crippen MR) is 49.2 cm³/mol. The van der Waals surface area contributed by atoms with Crippen LogP contribution in [0.1, 0.15) is 12.0 Å². The van der Waals surface area contributed by atoms with E-state index in [0.717, 1.165) is 24.1 Å². The van der Waals surface area contributed by atoms with Gasteiger partial charge in [-0.3, -0.25) is 0 Å². The lowest BCUT2D eigenvalue weighted by molar-refractivity contribution is 0.267. The molecule has 0 spiro atoms. The van der Waals surface area contributed by atoms with E-state index in [1.54, 1.807) is 6.07 Å². The number of nitrogens with one attached hydrogen (secondary N) is 1. The van der Waals surface area contributed by atoms with Crippen LogP contribution in [0.5, 0.6) is 0 Å². The van der Waals surface area contributed by atoms with Gasteiger partial charge in [0.15, 0.2) is 0 Å². The van der Waals surface area contributed by atoms with E-state index in [9.17, 15) is 4.39 Å². The third kappa shape index (κ3) is 1.65. The van der Waals surface area contributed by atoms with Crippen LogP contribution in [0.25, 0.3) is 0 Å². The van der Waals surface area contributed by atoms with Gasteiger partial charge < -0.3 is 10.4 Å². The number of aryl methyl sites for hydroxylation is 1. The molecule has 70 valence electrons. The minimum Gasteiger partial charge on any atom is -0.394 e. The number of anilines is 1. The maximum absolute atomic E-state index is 12.9. The molecule has 1 atom stereocenters. The zero-order chi connectivity index (χ0) is 9.97. The van der Waals surface area contributed by atoms with Gasteiger partial charge in [-0.2, -0.15) is 0 Å². The smallest absolute Gasteiger partial charge is 0.210 e. The molecule has 1 aliphatic heterocycles. The van der Waals surface area contributed by atoms with Crippen LogP contribution >= 0.6 is 0 Å². The Morgan fingerprint density at radius 1 is 1.69 bits per heavy atom. The molecule has 13 heavy (non-hydrogen) atoms. The highest BCUT2D eigenvalue weighted by molar-refractivity contribution is 5.54. The summed E-state index contributed by atoms with van der Waals surface area (Å²) in [5, 5.41) is 7.47. The Morgan fingerprint density at radius 2 is 2.62 bits per heavy atom. The second-order valence-electron chi connectivity index (χ2n) is 3.35. The monoisotopic (exact) mass is 183 g/mol. The van der Waals surface area contributed by atoms with E-state index in [4.69, 9.17) is 1.43 Å². The highest BCUT2D eigenvalue weighted by Crippen LogP contribution is 2.25. The van der Waals surface area contributed by atoms with Gasteiger partial charge in [0.1, 0.15) is 5.82 Å². The van der Waals surface area contributed by atoms with Gasteiger partial charge in [0.2, 0.25) is 1.43 Å². The van der Waals surface area contributed by atoms with Gasteiger partial charge in [-0.05, 0) is 30.5 Å². The molecule has 0 saturated carbocycles. The largest absolute Gasteiger partial charge is 0.394 e. The number of hydrogen-bond donors (Lipinski definition) is 2. The molecule has 1 heterocycles. The molecule has 2 N–H and O–H groups in total. The van der Waals surface area contributed by atoms with Crippen molar-refractivity contribution in [2.24, 2.45) is 0 Å². The van der Waals surface area contributed by atoms with E-state index >= 15 is 0 Å². The summed E-state index contributed by atoms with van der Waals surface area (Å²) in [5.74, 6) is -0.233. The van der Waals surface area contributed by atoms with Crippen LogP contribution in [0.2, 0.25) is 0 Å². The zero-order valence-electron chi connectivity index (χ0n) is 8.22. The maximum atomic E-state index is 12.9. The summed E-state index contributed by atoms with van der Waals surface area (Å²) in [6.45, 7) is 0.343. The number of halogens is 1. The molecule has 0 aliphatic carbocycles. The van der Waals surface area contributed by atoms with Crippen LogP contribution in [0.3, 0.4) is 0 Å². The van der Waals surface area contributed by atoms with Gasteiger partial charge in [-0.15, -0.1) is 0 Å². The molecule has 0 amide bonds. The van der Waals surface area contributed by atoms with E-state index in [2.05, 4.69) is 10.4 Å². The van der Waals surface area contributed by atoms with Crippen LogP contribution in [0, 0.1) is 5.82 Å². The first-order chi connectivity index (χ1) is 6.79. The highest BCUT2D eigenvalue weighted by atomic mass is 19.1. The topological polar surface area (TPSA) is 32.3 Å². The molecule has 0 aromatic heterocycles. The van der Waals surface area contributed by atoms with Crippen molar-refractivity contribution in [2.45, 2.75) is 18.9 Å². The quantitative estimate of drug-likeness (QED) is 0.729. The average molecular weight is 183 g/mol. The number of benzene rings is 1. The number of aliphatic hydroxyl groups is 1. The van der Waals surface area contributed by atoms with E-state index < -0.39 is 0 Å². The third-order valence-corrected chi connectivity index (χ3v) is 2.39. The molecule has 0 fully saturated rings. The van der Waals surface area contributed by atoms with Crippen molar-refractivity contribution in [1.29, 1.82) is 1.43 Å². The lowest BCUT2D eigenvalue weighted by Crippen LogP contribution is -2.28. The first-order valence-electron chi connectivity index (χ1n) is 4.83. The summed E-state index contributed by atoms with van der Waals surface area (Å²) < 4.78 is 19.6. The van der Waals surface area contributed by atoms with Gasteiger partial charge in [0, 0.05) is 11.7 Å². The van der Waals surface area contributed by atoms with Gasteiger partial charge in [-0.1, -0.05) is 6.07 Å². The molecule has 1 aliphatic rings. The number of rotatable bonds is 2. The highest BCUT2D eigenvalue weighted by Gasteiger charge is 2.16. The first-order valence-corrected chi connectivity index (χ1v) is 4.42. The van der Waals surface area contributed by atoms with Crippen molar-refractivity contribution in [3.8, 4) is 0 Å². The van der Waals surface area contributed by atoms with E-state index in [1.165, 1.54) is 12.1 Å². The van der Waals surface area contributed by atoms with Gasteiger partial charge >= 0.3 is 0 Å². The Hall–Kier alpha value is -1.09. The molecular formula is C10H12FNO. The van der Waals surface area contributed by atoms with Crippen molar-refractivity contribution >= 4 is 5.69 Å². The lowest BCUT2D eigenvalue weighted by Gasteiger charge is -2.25. The lowest BCUT2D eigenvalue weighted by atomic mass is 9.98. The minimum absolute atomic E-state index is 0.127. The van der Waals surface area contributed by atoms with Crippen molar-refractivity contribution in [2.75, 3.05) is 11.9 Å². The Balaban J connectivity index is 2.16. The Kier molecular flexibility index (Phi) is 1.88. The van der Waals surface area contributed by atoms with Crippen LogP contribution in [0.4, 0.5) is 10.1 Å². The first kappa shape index (κ1) is 7.33. The van der Waals surface area contributed by atoms with Crippen LogP contribution in [-0.2, 0) is 6.42 Å². The Labute approximate surface area is 77.9 Å². The summed E-state index contributed by atoms with van der Waals surface area (Å²) in [4.78, 5) is 0. The van der Waals surface area contributed by atoms with Crippen molar-refractivity contribution in [3.05, 3.63) is 29.6 Å². The zero-order valence-corrected chi connectivity index (χ0v) is 7.22. The molecule has 2 nitrogen and oxygen atoms in total. The summed E-state index contributed by atoms with van der Waals surface area (Å²) in [6.07, 6.45) is 1.84. The Bertz CT molecular complexity index is 332. The van der Waals surface area contributed by atoms with Gasteiger partial charge in [0.25, 0.3) is 0 Å². The van der Waals surface area contributed by atoms with Crippen molar-refractivity contribution in [1.82, 2.24) is 0 Å². The van der Waals surface area contributed by atoms with E-state index in [0.29, 0.717) is 6.61 Å². The normalized spacial score (nSPS) is 21.6. The Morgan fingerprint density at radius 3 is 3.46 bits per heavy atom. The maximum Gasteiger partial charge on any atom is 0.210 e. The van der Waals surface area contributed by atoms with E-state index in [1.807, 2.05) is 0 Å². The fourth-order valence-corrected chi connectivity index (χ4v) is 1.65. The van der Waals surface area contributed by atoms with Crippen LogP contribution in [0.15, 0.2) is 18.2 Å². The van der Waals surface area contributed by atoms with Crippen molar-refractivity contribution < 1.29 is 9.50 Å². The van der Waals surface area contributed by atoms with E-state index in [-0.39, 0.29) is 11.9 Å². The second-order valence-corrected chi connectivity index (χ2v) is 3.35. The number of aliphatic hydroxyl groups excluding tert-OH is 1. The molecule has 1 aromatic rings. The van der Waals surface area contributed by atoms with Crippen molar-refractivity contribution in [3.63, 3.8) is 0 Å². The molecule has 1 aromatic carbocycles. The fourth-order valence-electron chi connectivity index (χ4n) is 1.65. The van der Waals surface area contributed by atoms with Gasteiger partial charge in [-0.25, -0.2) is 4.39 Å². The summed E-state index contributed by atoms with van der Waals surface area (Å²) >= 11 is 0. The molecule has 1 unspecified atom stereocenters. The fraction of sp³-hybridized carbons (Fsp3) is 0.400. The summed E-state index contributed by atoms with van der Waals surface area (Å²) in [6, 6.07) is 4.89. The van der Waals surface area contributed by atoms with Gasteiger partial charge in [0.05, 0.1) is 6.61 Å². The second kappa shape index (κ2) is 3.34. The predicted octanol–water partition coefficient (Wildman–Crippen LogP) is 1.54. The number of hydrogen-bond acceptors (Lipinski definition) is 2. The SMILES string of the molecule is [3H]OCC1CCc2ccc(F)cc2N1. The third-order valence-electron chi connectivity index (χ3n) is 2.39. The summed E-state index contributed by atoms with van der Waals surface area (Å²) in [7, 11) is 0.